The van der Waals surface area contributed by atoms with Crippen LogP contribution in [0.3, 0.4) is 0 Å². The Kier molecular flexibility index (Phi) is 6.72. The van der Waals surface area contributed by atoms with Crippen molar-refractivity contribution in [2.75, 3.05) is 0 Å². The Bertz CT molecular complexity index is 2530. The van der Waals surface area contributed by atoms with E-state index in [9.17, 15) is 0 Å². The van der Waals surface area contributed by atoms with Crippen LogP contribution in [0.4, 0.5) is 0 Å². The predicted molar refractivity (Wildman–Crippen MR) is 210 cm³/mol. The molecule has 0 fully saturated rings. The Morgan fingerprint density at radius 3 is 1.63 bits per heavy atom. The van der Waals surface area contributed by atoms with Crippen molar-refractivity contribution in [1.29, 1.82) is 5.41 Å². The van der Waals surface area contributed by atoms with E-state index in [2.05, 4.69) is 169 Å². The van der Waals surface area contributed by atoms with E-state index in [1.54, 1.807) is 0 Å². The molecule has 6 aromatic carbocycles. The van der Waals surface area contributed by atoms with Crippen molar-refractivity contribution < 1.29 is 0 Å². The van der Waals surface area contributed by atoms with Crippen molar-refractivity contribution in [2.24, 2.45) is 4.40 Å². The third-order valence-corrected chi connectivity index (χ3v) is 10.6. The van der Waals surface area contributed by atoms with Gasteiger partial charge in [0.15, 0.2) is 0 Å². The third-order valence-electron chi connectivity index (χ3n) is 10.4. The van der Waals surface area contributed by atoms with Crippen LogP contribution < -0.4 is 0 Å². The highest BCUT2D eigenvalue weighted by Crippen LogP contribution is 2.50. The lowest BCUT2D eigenvalue weighted by Crippen LogP contribution is -2.15. The van der Waals surface area contributed by atoms with Gasteiger partial charge in [-0.15, -0.1) is 0 Å². The second-order valence-electron chi connectivity index (χ2n) is 13.4. The lowest BCUT2D eigenvalue weighted by molar-refractivity contribution is 0.661. The summed E-state index contributed by atoms with van der Waals surface area (Å²) in [5.41, 5.74) is 16.4. The molecule has 0 bridgehead atoms. The van der Waals surface area contributed by atoms with Crippen molar-refractivity contribution in [3.63, 3.8) is 0 Å². The van der Waals surface area contributed by atoms with Gasteiger partial charge >= 0.3 is 0 Å². The molecule has 0 saturated carbocycles. The number of aromatic nitrogens is 1. The van der Waals surface area contributed by atoms with Crippen LogP contribution in [-0.4, -0.2) is 16.0 Å². The smallest absolute Gasteiger partial charge is 0.0965 e. The molecule has 4 heteroatoms. The molecule has 0 atom stereocenters. The Hall–Kier alpha value is -5.71. The van der Waals surface area contributed by atoms with Crippen LogP contribution in [0.2, 0.25) is 0 Å². The molecule has 49 heavy (non-hydrogen) atoms. The zero-order chi connectivity index (χ0) is 33.3. The summed E-state index contributed by atoms with van der Waals surface area (Å²) >= 11 is 4.03. The molecule has 0 aliphatic heterocycles. The number of fused-ring (bicyclic) bond motifs is 6. The van der Waals surface area contributed by atoms with Crippen molar-refractivity contribution >= 4 is 51.6 Å². The number of allylic oxidation sites excluding steroid dienone is 4. The number of thiol groups is 1. The highest BCUT2D eigenvalue weighted by molar-refractivity contribution is 7.79. The minimum absolute atomic E-state index is 0.142. The Morgan fingerprint density at radius 2 is 1.08 bits per heavy atom. The topological polar surface area (TPSA) is 41.1 Å². The number of rotatable bonds is 4. The molecular formula is C45H33N3S. The molecule has 1 heterocycles. The molecule has 0 saturated heterocycles. The monoisotopic (exact) mass is 647 g/mol. The van der Waals surface area contributed by atoms with Crippen LogP contribution >= 0.6 is 12.8 Å². The molecule has 1 N–H and O–H groups in total. The standard InChI is InChI=1S/C45H33N3S/c1-45(2)39-26-31(28-14-16-30(17-15-28)34-10-7-11-41(47-49)44(34)46)20-24-35(39)36-25-21-32(27-40(36)45)29-18-22-33(23-19-29)48-42-12-5-3-8-37(42)38-9-4-6-13-43(38)48/h3-27,46,49H,1-2H3/b46-44?,47-41-. The van der Waals surface area contributed by atoms with Crippen LogP contribution in [0.1, 0.15) is 30.5 Å². The van der Waals surface area contributed by atoms with Gasteiger partial charge in [0.25, 0.3) is 0 Å². The number of nitrogens with zero attached hydrogens (tertiary/aromatic N) is 2. The minimum Gasteiger partial charge on any atom is -0.309 e. The molecule has 0 spiro atoms. The Labute approximate surface area is 291 Å². The molecule has 7 aromatic rings. The van der Waals surface area contributed by atoms with E-state index < -0.39 is 0 Å². The maximum atomic E-state index is 8.51. The average Bonchev–Trinajstić information content (AvgIpc) is 3.60. The highest BCUT2D eigenvalue weighted by Gasteiger charge is 2.36. The van der Waals surface area contributed by atoms with Crippen LogP contribution in [0.25, 0.3) is 66.4 Å². The molecule has 0 radical (unpaired) electrons. The molecular weight excluding hydrogens is 615 g/mol. The summed E-state index contributed by atoms with van der Waals surface area (Å²) in [4.78, 5) is 0. The van der Waals surface area contributed by atoms with Gasteiger partial charge in [0, 0.05) is 27.4 Å². The zero-order valence-electron chi connectivity index (χ0n) is 27.3. The first-order valence-corrected chi connectivity index (χ1v) is 17.0. The average molecular weight is 648 g/mol. The van der Waals surface area contributed by atoms with Crippen LogP contribution in [-0.2, 0) is 5.41 Å². The van der Waals surface area contributed by atoms with Crippen molar-refractivity contribution in [3.05, 3.63) is 168 Å². The maximum absolute atomic E-state index is 8.51. The first-order chi connectivity index (χ1) is 23.9. The normalized spacial score (nSPS) is 15.5. The molecule has 0 amide bonds. The van der Waals surface area contributed by atoms with Crippen molar-refractivity contribution in [3.8, 4) is 39.1 Å². The van der Waals surface area contributed by atoms with Crippen LogP contribution in [0.15, 0.2) is 156 Å². The highest BCUT2D eigenvalue weighted by atomic mass is 32.1. The molecule has 3 nitrogen and oxygen atoms in total. The predicted octanol–water partition coefficient (Wildman–Crippen LogP) is 11.7. The van der Waals surface area contributed by atoms with Gasteiger partial charge < -0.3 is 4.57 Å². The Balaban J connectivity index is 1.03. The summed E-state index contributed by atoms with van der Waals surface area (Å²) in [5.74, 6) is 0. The van der Waals surface area contributed by atoms with Gasteiger partial charge in [0.05, 0.1) is 22.5 Å². The van der Waals surface area contributed by atoms with E-state index in [1.165, 1.54) is 60.8 Å². The minimum atomic E-state index is -0.142. The zero-order valence-corrected chi connectivity index (χ0v) is 28.2. The van der Waals surface area contributed by atoms with Gasteiger partial charge in [0.2, 0.25) is 0 Å². The number of benzene rings is 6. The molecule has 9 rings (SSSR count). The fourth-order valence-electron chi connectivity index (χ4n) is 7.81. The lowest BCUT2D eigenvalue weighted by atomic mass is 9.80. The third kappa shape index (κ3) is 4.59. The van der Waals surface area contributed by atoms with E-state index in [0.717, 1.165) is 22.4 Å². The van der Waals surface area contributed by atoms with E-state index in [4.69, 9.17) is 5.41 Å². The quantitative estimate of drug-likeness (QED) is 0.141. The number of para-hydroxylation sites is 2. The fraction of sp³-hybridized carbons (Fsp3) is 0.0667. The van der Waals surface area contributed by atoms with E-state index in [0.29, 0.717) is 11.4 Å². The van der Waals surface area contributed by atoms with Gasteiger partial charge in [-0.2, -0.15) is 0 Å². The summed E-state index contributed by atoms with van der Waals surface area (Å²) in [6, 6.07) is 48.6. The van der Waals surface area contributed by atoms with Crippen LogP contribution in [0, 0.1) is 5.41 Å². The maximum Gasteiger partial charge on any atom is 0.0965 e. The molecule has 2 aliphatic carbocycles. The van der Waals surface area contributed by atoms with E-state index >= 15 is 0 Å². The summed E-state index contributed by atoms with van der Waals surface area (Å²) < 4.78 is 6.31. The van der Waals surface area contributed by atoms with Crippen molar-refractivity contribution in [2.45, 2.75) is 19.3 Å². The second kappa shape index (κ2) is 11.2. The molecule has 1 aromatic heterocycles. The summed E-state index contributed by atoms with van der Waals surface area (Å²) in [6.07, 6.45) is 5.69. The fourth-order valence-corrected chi connectivity index (χ4v) is 7.97. The van der Waals surface area contributed by atoms with Crippen molar-refractivity contribution in [1.82, 2.24) is 4.57 Å². The van der Waals surface area contributed by atoms with Gasteiger partial charge in [0.1, 0.15) is 0 Å². The second-order valence-corrected chi connectivity index (χ2v) is 13.6. The molecule has 234 valence electrons. The number of nitrogens with one attached hydrogen (secondary N) is 1. The van der Waals surface area contributed by atoms with Gasteiger partial charge in [-0.1, -0.05) is 123 Å². The summed E-state index contributed by atoms with van der Waals surface area (Å²) in [6.45, 7) is 4.68. The number of hydrogen-bond acceptors (Lipinski definition) is 3. The summed E-state index contributed by atoms with van der Waals surface area (Å²) in [5, 5.41) is 11.1. The summed E-state index contributed by atoms with van der Waals surface area (Å²) in [7, 11) is 0. The Morgan fingerprint density at radius 1 is 0.592 bits per heavy atom. The first kappa shape index (κ1) is 29.4. The van der Waals surface area contributed by atoms with E-state index in [1.807, 2.05) is 18.2 Å². The van der Waals surface area contributed by atoms with Gasteiger partial charge in [-0.25, -0.2) is 4.40 Å². The van der Waals surface area contributed by atoms with E-state index in [-0.39, 0.29) is 5.41 Å². The number of hydrogen-bond donors (Lipinski definition) is 2. The molecule has 0 unspecified atom stereocenters. The largest absolute Gasteiger partial charge is 0.309 e. The molecule has 2 aliphatic rings. The van der Waals surface area contributed by atoms with Gasteiger partial charge in [-0.05, 0) is 105 Å². The van der Waals surface area contributed by atoms with Gasteiger partial charge in [-0.3, -0.25) is 5.41 Å². The first-order valence-electron chi connectivity index (χ1n) is 16.6. The lowest BCUT2D eigenvalue weighted by Gasteiger charge is -2.23. The SMILES string of the molecule is CC1(C)c2cc(-c3ccc(C4=CC=C/C(=N/S)C4=N)cc3)ccc2-c2ccc(-c3ccc(-n4c5ccccc5c5ccccc54)cc3)cc21. The van der Waals surface area contributed by atoms with Crippen LogP contribution in [0.5, 0.6) is 0 Å².